The van der Waals surface area contributed by atoms with Crippen molar-refractivity contribution in [3.63, 3.8) is 0 Å². The van der Waals surface area contributed by atoms with Crippen LogP contribution in [-0.4, -0.2) is 49.6 Å². The first-order chi connectivity index (χ1) is 14.3. The fourth-order valence-electron chi connectivity index (χ4n) is 2.84. The number of benzene rings is 2. The highest BCUT2D eigenvalue weighted by atomic mass is 16.4. The van der Waals surface area contributed by atoms with Gasteiger partial charge in [0.05, 0.1) is 0 Å². The summed E-state index contributed by atoms with van der Waals surface area (Å²) in [7, 11) is 0. The second-order valence-corrected chi connectivity index (χ2v) is 7.03. The second kappa shape index (κ2) is 10.7. The quantitative estimate of drug-likeness (QED) is 0.319. The van der Waals surface area contributed by atoms with Crippen molar-refractivity contribution in [1.82, 2.24) is 0 Å². The largest absolute Gasteiger partial charge is 0.509 e. The number of hydrogen-bond acceptors (Lipinski definition) is 6. The number of ketones is 1. The first-order valence-electron chi connectivity index (χ1n) is 9.84. The summed E-state index contributed by atoms with van der Waals surface area (Å²) in [4.78, 5) is 12.2. The Labute approximate surface area is 176 Å². The van der Waals surface area contributed by atoms with Gasteiger partial charge >= 0.3 is 0 Å². The van der Waals surface area contributed by atoms with Crippen LogP contribution in [0.4, 0.5) is 0 Å². The van der Waals surface area contributed by atoms with Crippen LogP contribution in [0.3, 0.4) is 0 Å². The summed E-state index contributed by atoms with van der Waals surface area (Å²) >= 11 is 0. The van der Waals surface area contributed by atoms with Crippen LogP contribution in [0.25, 0.3) is 12.2 Å². The summed E-state index contributed by atoms with van der Waals surface area (Å²) < 4.78 is 0. The van der Waals surface area contributed by atoms with E-state index in [2.05, 4.69) is 0 Å². The molecule has 0 amide bonds. The number of hydrogen-bond donors (Lipinski definition) is 5. The number of rotatable bonds is 9. The van der Waals surface area contributed by atoms with Crippen LogP contribution in [0.2, 0.25) is 0 Å². The van der Waals surface area contributed by atoms with Crippen LogP contribution in [0.5, 0.6) is 0 Å². The van der Waals surface area contributed by atoms with E-state index in [4.69, 9.17) is 0 Å². The van der Waals surface area contributed by atoms with E-state index in [0.29, 0.717) is 11.1 Å². The Morgan fingerprint density at radius 1 is 0.767 bits per heavy atom. The lowest BCUT2D eigenvalue weighted by atomic mass is 9.99. The third-order valence-electron chi connectivity index (χ3n) is 4.86. The minimum absolute atomic E-state index is 0.540. The molecule has 0 aromatic heterocycles. The van der Waals surface area contributed by atoms with E-state index >= 15 is 0 Å². The highest BCUT2D eigenvalue weighted by molar-refractivity contribution is 6.00. The standard InChI is InChI=1S/C24H28O6/c1-3-15-5-9-17(10-6-15)13-19(25)21(27)23(29)24(30)22(28)20(26)14-18-11-7-16(4-2)8-12-18/h5-14,21,23-27,29-30H,3-4H2,1-2H3/t21-,23+,24+/m1/s1. The molecule has 2 rings (SSSR count). The zero-order valence-electron chi connectivity index (χ0n) is 17.1. The average molecular weight is 412 g/mol. The fraction of sp³-hybridized carbons (Fsp3) is 0.292. The Morgan fingerprint density at radius 2 is 1.20 bits per heavy atom. The predicted octanol–water partition coefficient (Wildman–Crippen LogP) is 2.96. The molecule has 0 aliphatic rings. The maximum absolute atomic E-state index is 12.2. The second-order valence-electron chi connectivity index (χ2n) is 7.03. The van der Waals surface area contributed by atoms with E-state index in [1.165, 1.54) is 6.08 Å². The van der Waals surface area contributed by atoms with Crippen molar-refractivity contribution in [1.29, 1.82) is 0 Å². The Balaban J connectivity index is 2.09. The normalized spacial score (nSPS) is 15.5. The lowest BCUT2D eigenvalue weighted by molar-refractivity contribution is -0.136. The van der Waals surface area contributed by atoms with Gasteiger partial charge in [0.2, 0.25) is 5.78 Å². The van der Waals surface area contributed by atoms with Crippen LogP contribution in [0.15, 0.2) is 60.0 Å². The van der Waals surface area contributed by atoms with E-state index in [0.717, 1.165) is 30.0 Å². The molecule has 0 heterocycles. The van der Waals surface area contributed by atoms with Crippen molar-refractivity contribution in [3.8, 4) is 0 Å². The minimum atomic E-state index is -2.12. The van der Waals surface area contributed by atoms with Gasteiger partial charge in [0.15, 0.2) is 5.76 Å². The lowest BCUT2D eigenvalue weighted by Crippen LogP contribution is -2.43. The molecule has 2 aromatic carbocycles. The van der Waals surface area contributed by atoms with Crippen molar-refractivity contribution in [2.45, 2.75) is 45.0 Å². The monoisotopic (exact) mass is 412 g/mol. The summed E-state index contributed by atoms with van der Waals surface area (Å²) in [5, 5.41) is 50.4. The number of aliphatic hydroxyl groups is 5. The third-order valence-corrected chi connectivity index (χ3v) is 4.86. The first-order valence-corrected chi connectivity index (χ1v) is 9.84. The molecule has 0 fully saturated rings. The molecule has 0 aliphatic heterocycles. The van der Waals surface area contributed by atoms with Crippen LogP contribution in [-0.2, 0) is 17.6 Å². The molecule has 2 aromatic rings. The number of carbonyl (C=O) groups is 1. The molecule has 0 radical (unpaired) electrons. The molecule has 0 unspecified atom stereocenters. The van der Waals surface area contributed by atoms with E-state index in [9.17, 15) is 30.3 Å². The number of aliphatic hydroxyl groups excluding tert-OH is 5. The van der Waals surface area contributed by atoms with Crippen LogP contribution < -0.4 is 0 Å². The first kappa shape index (κ1) is 23.3. The smallest absolute Gasteiger partial charge is 0.228 e. The molecule has 6 nitrogen and oxygen atoms in total. The molecule has 5 N–H and O–H groups in total. The van der Waals surface area contributed by atoms with Gasteiger partial charge in [-0.15, -0.1) is 0 Å². The molecule has 0 aliphatic carbocycles. The Bertz CT molecular complexity index is 896. The minimum Gasteiger partial charge on any atom is -0.509 e. The summed E-state index contributed by atoms with van der Waals surface area (Å²) in [5.41, 5.74) is 3.30. The SMILES string of the molecule is CCc1ccc(C=C(O)C(=O)[C@H](O)[C@@H](O)[C@H](O)C(O)=Cc2ccc(CC)cc2)cc1. The van der Waals surface area contributed by atoms with Gasteiger partial charge < -0.3 is 25.5 Å². The van der Waals surface area contributed by atoms with Crippen molar-refractivity contribution in [2.24, 2.45) is 0 Å². The Morgan fingerprint density at radius 3 is 1.63 bits per heavy atom. The van der Waals surface area contributed by atoms with Gasteiger partial charge in [-0.25, -0.2) is 0 Å². The van der Waals surface area contributed by atoms with Crippen LogP contribution in [0.1, 0.15) is 36.1 Å². The summed E-state index contributed by atoms with van der Waals surface area (Å²) in [5.74, 6) is -2.55. The van der Waals surface area contributed by atoms with Gasteiger partial charge in [-0.2, -0.15) is 0 Å². The molecule has 6 heteroatoms. The predicted molar refractivity (Wildman–Crippen MR) is 116 cm³/mol. The van der Waals surface area contributed by atoms with Crippen molar-refractivity contribution < 1.29 is 30.3 Å². The molecule has 0 saturated carbocycles. The van der Waals surface area contributed by atoms with Gasteiger partial charge in [0, 0.05) is 0 Å². The topological polar surface area (TPSA) is 118 Å². The van der Waals surface area contributed by atoms with Gasteiger partial charge in [-0.3, -0.25) is 4.79 Å². The summed E-state index contributed by atoms with van der Waals surface area (Å²) in [6.07, 6.45) is -1.97. The van der Waals surface area contributed by atoms with E-state index in [-0.39, 0.29) is 0 Å². The molecular formula is C24H28O6. The zero-order chi connectivity index (χ0) is 22.3. The summed E-state index contributed by atoms with van der Waals surface area (Å²) in [6, 6.07) is 14.3. The molecule has 0 bridgehead atoms. The van der Waals surface area contributed by atoms with Gasteiger partial charge in [0.25, 0.3) is 0 Å². The highest BCUT2D eigenvalue weighted by Crippen LogP contribution is 2.16. The van der Waals surface area contributed by atoms with Gasteiger partial charge in [-0.05, 0) is 47.2 Å². The molecule has 0 spiro atoms. The van der Waals surface area contributed by atoms with E-state index in [1.807, 2.05) is 38.1 Å². The van der Waals surface area contributed by atoms with Crippen molar-refractivity contribution in [2.75, 3.05) is 0 Å². The van der Waals surface area contributed by atoms with Crippen molar-refractivity contribution in [3.05, 3.63) is 82.3 Å². The third kappa shape index (κ3) is 6.03. The lowest BCUT2D eigenvalue weighted by Gasteiger charge is -2.21. The number of aryl methyl sites for hydroxylation is 2. The fourth-order valence-corrected chi connectivity index (χ4v) is 2.84. The summed E-state index contributed by atoms with van der Waals surface area (Å²) in [6.45, 7) is 4.00. The Kier molecular flexibility index (Phi) is 8.35. The molecule has 160 valence electrons. The van der Waals surface area contributed by atoms with E-state index < -0.39 is 35.6 Å². The van der Waals surface area contributed by atoms with Crippen molar-refractivity contribution >= 4 is 17.9 Å². The zero-order valence-corrected chi connectivity index (χ0v) is 17.1. The van der Waals surface area contributed by atoms with Crippen LogP contribution >= 0.6 is 0 Å². The molecule has 3 atom stereocenters. The number of Topliss-reactive ketones (excluding diaryl/α,β-unsaturated/α-hetero) is 1. The van der Waals surface area contributed by atoms with Gasteiger partial charge in [0.1, 0.15) is 24.1 Å². The van der Waals surface area contributed by atoms with E-state index in [1.54, 1.807) is 24.3 Å². The molecule has 30 heavy (non-hydrogen) atoms. The highest BCUT2D eigenvalue weighted by Gasteiger charge is 2.34. The van der Waals surface area contributed by atoms with Gasteiger partial charge in [-0.1, -0.05) is 62.4 Å². The molecular weight excluding hydrogens is 384 g/mol. The maximum Gasteiger partial charge on any atom is 0.228 e. The average Bonchev–Trinajstić information content (AvgIpc) is 2.77. The molecule has 0 saturated heterocycles. The number of carbonyl (C=O) groups excluding carboxylic acids is 1. The Hall–Kier alpha value is -2.93. The van der Waals surface area contributed by atoms with Crippen LogP contribution in [0, 0.1) is 0 Å². The maximum atomic E-state index is 12.2.